The fourth-order valence-electron chi connectivity index (χ4n) is 2.15. The van der Waals surface area contributed by atoms with Crippen molar-refractivity contribution >= 4 is 41.5 Å². The van der Waals surface area contributed by atoms with Gasteiger partial charge in [0, 0.05) is 31.9 Å². The van der Waals surface area contributed by atoms with Crippen LogP contribution in [0.4, 0.5) is 4.39 Å². The molecule has 0 saturated carbocycles. The number of aliphatic hydroxyl groups excluding tert-OH is 1. The average Bonchev–Trinajstić information content (AvgIpc) is 2.60. The van der Waals surface area contributed by atoms with E-state index in [-0.39, 0.29) is 36.1 Å². The molecule has 8 heteroatoms. The highest BCUT2D eigenvalue weighted by Gasteiger charge is 2.04. The van der Waals surface area contributed by atoms with Crippen molar-refractivity contribution in [1.29, 1.82) is 0 Å². The summed E-state index contributed by atoms with van der Waals surface area (Å²) in [5.41, 5.74) is 2.23. The highest BCUT2D eigenvalue weighted by atomic mass is 127. The van der Waals surface area contributed by atoms with Crippen LogP contribution in [-0.2, 0) is 19.6 Å². The SMILES string of the molecule is CN=C(NCCc1ccc(Cl)nc1)NCc1ccc(F)c(CO)c1.I. The van der Waals surface area contributed by atoms with Crippen molar-refractivity contribution in [3.63, 3.8) is 0 Å². The molecule has 0 spiro atoms. The van der Waals surface area contributed by atoms with Gasteiger partial charge in [-0.1, -0.05) is 23.7 Å². The molecule has 1 heterocycles. The topological polar surface area (TPSA) is 69.5 Å². The number of aromatic nitrogens is 1. The lowest BCUT2D eigenvalue weighted by atomic mass is 10.1. The molecule has 0 saturated heterocycles. The number of aliphatic hydroxyl groups is 1. The fourth-order valence-corrected chi connectivity index (χ4v) is 2.26. The van der Waals surface area contributed by atoms with Crippen molar-refractivity contribution in [3.8, 4) is 0 Å². The lowest BCUT2D eigenvalue weighted by Gasteiger charge is -2.12. The van der Waals surface area contributed by atoms with Gasteiger partial charge in [0.05, 0.1) is 6.61 Å². The predicted molar refractivity (Wildman–Crippen MR) is 109 cm³/mol. The minimum Gasteiger partial charge on any atom is -0.392 e. The number of hydrogen-bond acceptors (Lipinski definition) is 3. The van der Waals surface area contributed by atoms with Gasteiger partial charge in [0.2, 0.25) is 0 Å². The first-order valence-corrected chi connectivity index (χ1v) is 7.93. The summed E-state index contributed by atoms with van der Waals surface area (Å²) in [7, 11) is 1.68. The van der Waals surface area contributed by atoms with E-state index in [1.165, 1.54) is 6.07 Å². The van der Waals surface area contributed by atoms with Crippen molar-refractivity contribution in [2.24, 2.45) is 4.99 Å². The van der Waals surface area contributed by atoms with Crippen LogP contribution in [0.5, 0.6) is 0 Å². The second-order valence-electron chi connectivity index (χ2n) is 5.18. The second kappa shape index (κ2) is 11.2. The molecule has 1 aromatic heterocycles. The van der Waals surface area contributed by atoms with E-state index in [9.17, 15) is 4.39 Å². The molecule has 0 aliphatic heterocycles. The van der Waals surface area contributed by atoms with Crippen LogP contribution in [0.25, 0.3) is 0 Å². The van der Waals surface area contributed by atoms with Crippen LogP contribution >= 0.6 is 35.6 Å². The normalized spacial score (nSPS) is 11.0. The van der Waals surface area contributed by atoms with E-state index in [0.717, 1.165) is 17.5 Å². The largest absolute Gasteiger partial charge is 0.392 e. The maximum absolute atomic E-state index is 13.4. The zero-order valence-corrected chi connectivity index (χ0v) is 16.9. The van der Waals surface area contributed by atoms with Gasteiger partial charge in [0.25, 0.3) is 0 Å². The number of guanidine groups is 1. The molecule has 1 aromatic carbocycles. The van der Waals surface area contributed by atoms with E-state index in [2.05, 4.69) is 20.6 Å². The lowest BCUT2D eigenvalue weighted by Crippen LogP contribution is -2.37. The Morgan fingerprint density at radius 1 is 1.24 bits per heavy atom. The summed E-state index contributed by atoms with van der Waals surface area (Å²) in [5, 5.41) is 15.9. The van der Waals surface area contributed by atoms with Crippen LogP contribution in [0.3, 0.4) is 0 Å². The Balaban J connectivity index is 0.00000312. The Bertz CT molecular complexity index is 698. The van der Waals surface area contributed by atoms with Crippen molar-refractivity contribution in [1.82, 2.24) is 15.6 Å². The smallest absolute Gasteiger partial charge is 0.191 e. The van der Waals surface area contributed by atoms with Gasteiger partial charge >= 0.3 is 0 Å². The van der Waals surface area contributed by atoms with Crippen LogP contribution in [0.2, 0.25) is 5.15 Å². The van der Waals surface area contributed by atoms with Crippen molar-refractivity contribution < 1.29 is 9.50 Å². The number of nitrogens with zero attached hydrogens (tertiary/aromatic N) is 2. The third kappa shape index (κ3) is 7.13. The highest BCUT2D eigenvalue weighted by molar-refractivity contribution is 14.0. The van der Waals surface area contributed by atoms with Crippen LogP contribution in [-0.4, -0.2) is 29.6 Å². The maximum atomic E-state index is 13.4. The molecule has 2 aromatic rings. The van der Waals surface area contributed by atoms with E-state index >= 15 is 0 Å². The van der Waals surface area contributed by atoms with Gasteiger partial charge in [-0.05, 0) is 35.7 Å². The maximum Gasteiger partial charge on any atom is 0.191 e. The van der Waals surface area contributed by atoms with E-state index in [0.29, 0.717) is 24.2 Å². The molecule has 0 atom stereocenters. The molecule has 0 aliphatic rings. The molecular formula is C17H21ClFIN4O. The fraction of sp³-hybridized carbons (Fsp3) is 0.294. The number of benzene rings is 1. The summed E-state index contributed by atoms with van der Waals surface area (Å²) < 4.78 is 13.4. The third-order valence-electron chi connectivity index (χ3n) is 3.46. The van der Waals surface area contributed by atoms with Gasteiger partial charge in [-0.25, -0.2) is 9.37 Å². The minimum atomic E-state index is -0.402. The molecule has 136 valence electrons. The first-order valence-electron chi connectivity index (χ1n) is 7.55. The number of nitrogens with one attached hydrogen (secondary N) is 2. The van der Waals surface area contributed by atoms with Gasteiger partial charge in [0.15, 0.2) is 5.96 Å². The molecule has 5 nitrogen and oxygen atoms in total. The van der Waals surface area contributed by atoms with Gasteiger partial charge in [-0.2, -0.15) is 0 Å². The Labute approximate surface area is 168 Å². The molecule has 3 N–H and O–H groups in total. The zero-order chi connectivity index (χ0) is 17.4. The summed E-state index contributed by atoms with van der Waals surface area (Å²) in [6, 6.07) is 8.36. The predicted octanol–water partition coefficient (Wildman–Crippen LogP) is 2.89. The van der Waals surface area contributed by atoms with Crippen molar-refractivity contribution in [2.45, 2.75) is 19.6 Å². The minimum absolute atomic E-state index is 0. The summed E-state index contributed by atoms with van der Waals surface area (Å²) in [5.74, 6) is 0.243. The first kappa shape index (κ1) is 21.6. The number of aliphatic imine (C=N–C) groups is 1. The Morgan fingerprint density at radius 2 is 2.00 bits per heavy atom. The molecule has 0 amide bonds. The Hall–Kier alpha value is -1.45. The van der Waals surface area contributed by atoms with Crippen LogP contribution in [0, 0.1) is 5.82 Å². The van der Waals surface area contributed by atoms with Gasteiger partial charge in [0.1, 0.15) is 11.0 Å². The van der Waals surface area contributed by atoms with Crippen molar-refractivity contribution in [2.75, 3.05) is 13.6 Å². The van der Waals surface area contributed by atoms with E-state index in [1.54, 1.807) is 31.4 Å². The molecule has 0 aliphatic carbocycles. The summed E-state index contributed by atoms with van der Waals surface area (Å²) in [6.45, 7) is 0.853. The Kier molecular flexibility index (Phi) is 9.69. The Morgan fingerprint density at radius 3 is 2.64 bits per heavy atom. The second-order valence-corrected chi connectivity index (χ2v) is 5.56. The average molecular weight is 479 g/mol. The van der Waals surface area contributed by atoms with Gasteiger partial charge in [-0.3, -0.25) is 4.99 Å². The standard InChI is InChI=1S/C17H20ClFN4O.HI/c1-20-17(21-7-6-12-3-5-16(18)22-9-12)23-10-13-2-4-15(19)14(8-13)11-24;/h2-5,8-9,24H,6-7,10-11H2,1H3,(H2,20,21,23);1H. The molecule has 0 radical (unpaired) electrons. The summed E-state index contributed by atoms with van der Waals surface area (Å²) in [4.78, 5) is 8.18. The lowest BCUT2D eigenvalue weighted by molar-refractivity contribution is 0.275. The summed E-state index contributed by atoms with van der Waals surface area (Å²) in [6.07, 6.45) is 2.53. The molecule has 0 unspecified atom stereocenters. The van der Waals surface area contributed by atoms with Crippen LogP contribution in [0.1, 0.15) is 16.7 Å². The highest BCUT2D eigenvalue weighted by Crippen LogP contribution is 2.10. The summed E-state index contributed by atoms with van der Waals surface area (Å²) >= 11 is 5.75. The number of hydrogen-bond donors (Lipinski definition) is 3. The van der Waals surface area contributed by atoms with Gasteiger partial charge < -0.3 is 15.7 Å². The number of pyridine rings is 1. The van der Waals surface area contributed by atoms with E-state index < -0.39 is 5.82 Å². The quantitative estimate of drug-likeness (QED) is 0.258. The number of rotatable bonds is 6. The van der Waals surface area contributed by atoms with E-state index in [1.807, 2.05) is 6.07 Å². The molecule has 25 heavy (non-hydrogen) atoms. The van der Waals surface area contributed by atoms with Crippen LogP contribution in [0.15, 0.2) is 41.5 Å². The van der Waals surface area contributed by atoms with E-state index in [4.69, 9.17) is 16.7 Å². The molecule has 2 rings (SSSR count). The molecular weight excluding hydrogens is 458 g/mol. The van der Waals surface area contributed by atoms with Gasteiger partial charge in [-0.15, -0.1) is 24.0 Å². The van der Waals surface area contributed by atoms with Crippen LogP contribution < -0.4 is 10.6 Å². The van der Waals surface area contributed by atoms with Crippen molar-refractivity contribution in [3.05, 3.63) is 64.2 Å². The number of halogens is 3. The first-order chi connectivity index (χ1) is 11.6. The molecule has 0 bridgehead atoms. The zero-order valence-electron chi connectivity index (χ0n) is 13.8. The third-order valence-corrected chi connectivity index (χ3v) is 3.68. The molecule has 0 fully saturated rings. The monoisotopic (exact) mass is 478 g/mol.